The number of esters is 2. The molecule has 1 aromatic carbocycles. The van der Waals surface area contributed by atoms with Gasteiger partial charge in [0, 0.05) is 5.69 Å². The Morgan fingerprint density at radius 2 is 1.63 bits per heavy atom. The van der Waals surface area contributed by atoms with Crippen LogP contribution >= 0.6 is 0 Å². The summed E-state index contributed by atoms with van der Waals surface area (Å²) in [5, 5.41) is 0. The summed E-state index contributed by atoms with van der Waals surface area (Å²) in [4.78, 5) is 26.2. The lowest BCUT2D eigenvalue weighted by molar-refractivity contribution is 0.0552. The van der Waals surface area contributed by atoms with Crippen LogP contribution in [-0.2, 0) is 9.47 Å². The molecule has 98 valence electrons. The zero-order valence-electron chi connectivity index (χ0n) is 10.6. The van der Waals surface area contributed by atoms with Crippen molar-refractivity contribution in [1.29, 1.82) is 0 Å². The van der Waals surface area contributed by atoms with E-state index >= 15 is 0 Å². The molecule has 0 atom stereocenters. The van der Waals surface area contributed by atoms with Crippen molar-refractivity contribution in [2.75, 3.05) is 14.2 Å². The molecule has 2 aromatic rings. The molecule has 1 N–H and O–H groups in total. The predicted molar refractivity (Wildman–Crippen MR) is 68.9 cm³/mol. The number of benzene rings is 1. The molecule has 0 radical (unpaired) electrons. The molecule has 0 saturated heterocycles. The topological polar surface area (TPSA) is 68.4 Å². The van der Waals surface area contributed by atoms with E-state index in [1.807, 2.05) is 30.3 Å². The number of ether oxygens (including phenoxy) is 2. The number of nitrogens with one attached hydrogen (secondary N) is 1. The highest BCUT2D eigenvalue weighted by molar-refractivity contribution is 6.03. The van der Waals surface area contributed by atoms with E-state index in [2.05, 4.69) is 14.5 Å². The van der Waals surface area contributed by atoms with Crippen LogP contribution in [0.25, 0.3) is 11.3 Å². The Hall–Kier alpha value is -2.56. The molecule has 0 aliphatic heterocycles. The van der Waals surface area contributed by atoms with Crippen molar-refractivity contribution in [2.24, 2.45) is 0 Å². The molecule has 1 heterocycles. The first-order valence-electron chi connectivity index (χ1n) is 5.62. The zero-order chi connectivity index (χ0) is 13.8. The van der Waals surface area contributed by atoms with Crippen LogP contribution in [0.4, 0.5) is 0 Å². The number of methoxy groups -OCH3 is 2. The molecule has 0 aliphatic rings. The lowest BCUT2D eigenvalue weighted by Gasteiger charge is -1.99. The minimum absolute atomic E-state index is 0.0909. The molecule has 0 bridgehead atoms. The first kappa shape index (κ1) is 12.9. The van der Waals surface area contributed by atoms with Gasteiger partial charge in [-0.2, -0.15) is 0 Å². The van der Waals surface area contributed by atoms with Crippen LogP contribution in [0.3, 0.4) is 0 Å². The van der Waals surface area contributed by atoms with Crippen molar-refractivity contribution < 1.29 is 19.1 Å². The van der Waals surface area contributed by atoms with Crippen LogP contribution in [0.1, 0.15) is 20.8 Å². The summed E-state index contributed by atoms with van der Waals surface area (Å²) < 4.78 is 9.30. The lowest BCUT2D eigenvalue weighted by Crippen LogP contribution is -2.10. The van der Waals surface area contributed by atoms with Crippen LogP contribution < -0.4 is 0 Å². The van der Waals surface area contributed by atoms with E-state index < -0.39 is 11.9 Å². The molecular weight excluding hydrogens is 246 g/mol. The number of aromatic amines is 1. The summed E-state index contributed by atoms with van der Waals surface area (Å²) in [6, 6.07) is 10.9. The van der Waals surface area contributed by atoms with Gasteiger partial charge in [0.25, 0.3) is 0 Å². The number of aromatic nitrogens is 1. The summed E-state index contributed by atoms with van der Waals surface area (Å²) in [7, 11) is 2.52. The van der Waals surface area contributed by atoms with Crippen LogP contribution in [0, 0.1) is 0 Å². The molecule has 0 fully saturated rings. The highest BCUT2D eigenvalue weighted by Gasteiger charge is 2.22. The number of carbonyl (C=O) groups excluding carboxylic acids is 2. The Morgan fingerprint density at radius 3 is 2.21 bits per heavy atom. The molecule has 5 heteroatoms. The van der Waals surface area contributed by atoms with E-state index in [1.165, 1.54) is 14.2 Å². The number of H-pyrrole nitrogens is 1. The van der Waals surface area contributed by atoms with Gasteiger partial charge in [0.15, 0.2) is 0 Å². The summed E-state index contributed by atoms with van der Waals surface area (Å²) in [6.07, 6.45) is 0. The zero-order valence-corrected chi connectivity index (χ0v) is 10.6. The van der Waals surface area contributed by atoms with Crippen LogP contribution in [0.15, 0.2) is 36.4 Å². The maximum atomic E-state index is 11.6. The average molecular weight is 259 g/mol. The van der Waals surface area contributed by atoms with E-state index in [-0.39, 0.29) is 11.3 Å². The molecule has 0 unspecified atom stereocenters. The Balaban J connectivity index is 2.52. The van der Waals surface area contributed by atoms with Crippen molar-refractivity contribution in [2.45, 2.75) is 0 Å². The number of carbonyl (C=O) groups is 2. The first-order valence-corrected chi connectivity index (χ1v) is 5.62. The third-order valence-corrected chi connectivity index (χ3v) is 2.70. The highest BCUT2D eigenvalue weighted by atomic mass is 16.5. The lowest BCUT2D eigenvalue weighted by atomic mass is 10.1. The average Bonchev–Trinajstić information content (AvgIpc) is 2.91. The van der Waals surface area contributed by atoms with Crippen LogP contribution in [-0.4, -0.2) is 31.1 Å². The third-order valence-electron chi connectivity index (χ3n) is 2.70. The van der Waals surface area contributed by atoms with Gasteiger partial charge in [-0.05, 0) is 11.6 Å². The van der Waals surface area contributed by atoms with Gasteiger partial charge in [0.1, 0.15) is 5.69 Å². The minimum atomic E-state index is -0.609. The maximum Gasteiger partial charge on any atom is 0.355 e. The Morgan fingerprint density at radius 1 is 1.00 bits per heavy atom. The van der Waals surface area contributed by atoms with Crippen molar-refractivity contribution >= 4 is 11.9 Å². The number of hydrogen-bond donors (Lipinski definition) is 1. The van der Waals surface area contributed by atoms with Gasteiger partial charge in [0.05, 0.1) is 19.8 Å². The highest BCUT2D eigenvalue weighted by Crippen LogP contribution is 2.22. The van der Waals surface area contributed by atoms with E-state index in [9.17, 15) is 9.59 Å². The van der Waals surface area contributed by atoms with Gasteiger partial charge in [0.2, 0.25) is 0 Å². The quantitative estimate of drug-likeness (QED) is 0.858. The van der Waals surface area contributed by atoms with Crippen LogP contribution in [0.5, 0.6) is 0 Å². The van der Waals surface area contributed by atoms with E-state index in [4.69, 9.17) is 0 Å². The van der Waals surface area contributed by atoms with E-state index in [0.717, 1.165) is 5.56 Å². The molecule has 19 heavy (non-hydrogen) atoms. The Bertz CT molecular complexity index is 568. The number of hydrogen-bond acceptors (Lipinski definition) is 4. The van der Waals surface area contributed by atoms with E-state index in [0.29, 0.717) is 5.69 Å². The van der Waals surface area contributed by atoms with Gasteiger partial charge in [-0.3, -0.25) is 0 Å². The summed E-state index contributed by atoms with van der Waals surface area (Å²) in [5.41, 5.74) is 1.77. The van der Waals surface area contributed by atoms with Crippen molar-refractivity contribution in [3.8, 4) is 11.3 Å². The Kier molecular flexibility index (Phi) is 3.66. The van der Waals surface area contributed by atoms with Crippen molar-refractivity contribution in [3.63, 3.8) is 0 Å². The second kappa shape index (κ2) is 5.39. The monoisotopic (exact) mass is 259 g/mol. The predicted octanol–water partition coefficient (Wildman–Crippen LogP) is 2.25. The molecule has 0 aliphatic carbocycles. The van der Waals surface area contributed by atoms with Gasteiger partial charge in [-0.15, -0.1) is 0 Å². The fraction of sp³-hybridized carbons (Fsp3) is 0.143. The molecule has 0 spiro atoms. The number of rotatable bonds is 3. The third kappa shape index (κ3) is 2.49. The first-order chi connectivity index (χ1) is 9.17. The van der Waals surface area contributed by atoms with Gasteiger partial charge < -0.3 is 14.5 Å². The van der Waals surface area contributed by atoms with Crippen molar-refractivity contribution in [1.82, 2.24) is 4.98 Å². The molecule has 5 nitrogen and oxygen atoms in total. The molecule has 2 rings (SSSR count). The van der Waals surface area contributed by atoms with E-state index in [1.54, 1.807) is 6.07 Å². The standard InChI is InChI=1S/C14H13NO4/c1-18-13(16)10-8-11(9-6-4-3-5-7-9)15-12(10)14(17)19-2/h3-8,15H,1-2H3. The molecule has 1 aromatic heterocycles. The summed E-state index contributed by atoms with van der Waals surface area (Å²) in [6.45, 7) is 0. The van der Waals surface area contributed by atoms with Gasteiger partial charge in [-0.25, -0.2) is 9.59 Å². The summed E-state index contributed by atoms with van der Waals surface area (Å²) in [5.74, 6) is -1.19. The fourth-order valence-corrected chi connectivity index (χ4v) is 1.76. The molecule has 0 amide bonds. The molecular formula is C14H13NO4. The SMILES string of the molecule is COC(=O)c1cc(-c2ccccc2)[nH]c1C(=O)OC. The smallest absolute Gasteiger partial charge is 0.355 e. The largest absolute Gasteiger partial charge is 0.465 e. The minimum Gasteiger partial charge on any atom is -0.465 e. The second-order valence-corrected chi connectivity index (χ2v) is 3.82. The van der Waals surface area contributed by atoms with Crippen LogP contribution in [0.2, 0.25) is 0 Å². The normalized spacial score (nSPS) is 10.0. The van der Waals surface area contributed by atoms with Gasteiger partial charge >= 0.3 is 11.9 Å². The van der Waals surface area contributed by atoms with Gasteiger partial charge in [-0.1, -0.05) is 30.3 Å². The fourth-order valence-electron chi connectivity index (χ4n) is 1.76. The molecule has 0 saturated carbocycles. The Labute approximate surface area is 110 Å². The van der Waals surface area contributed by atoms with Crippen molar-refractivity contribution in [3.05, 3.63) is 47.7 Å². The maximum absolute atomic E-state index is 11.6. The second-order valence-electron chi connectivity index (χ2n) is 3.82. The summed E-state index contributed by atoms with van der Waals surface area (Å²) >= 11 is 0.